The molecule has 3 aromatic heterocycles. The van der Waals surface area contributed by atoms with Crippen molar-refractivity contribution in [1.29, 1.82) is 0 Å². The largest absolute Gasteiger partial charge is 0.433 e. The second-order valence-corrected chi connectivity index (χ2v) is 16.1. The van der Waals surface area contributed by atoms with Crippen molar-refractivity contribution >= 4 is 45.3 Å². The minimum atomic E-state index is -4.64. The lowest BCUT2D eigenvalue weighted by molar-refractivity contribution is -0.141. The predicted octanol–water partition coefficient (Wildman–Crippen LogP) is 6.48. The van der Waals surface area contributed by atoms with Crippen LogP contribution in [-0.4, -0.2) is 65.1 Å². The molecule has 3 amide bonds. The van der Waals surface area contributed by atoms with Gasteiger partial charge in [-0.15, -0.1) is 0 Å². The summed E-state index contributed by atoms with van der Waals surface area (Å²) >= 11 is 0. The van der Waals surface area contributed by atoms with E-state index in [1.807, 2.05) is 23.0 Å². The van der Waals surface area contributed by atoms with E-state index in [1.165, 1.54) is 30.5 Å². The van der Waals surface area contributed by atoms with Gasteiger partial charge in [-0.25, -0.2) is 9.78 Å². The van der Waals surface area contributed by atoms with E-state index < -0.39 is 29.7 Å². The fourth-order valence-corrected chi connectivity index (χ4v) is 9.97. The van der Waals surface area contributed by atoms with Crippen LogP contribution in [0.4, 0.5) is 18.9 Å². The number of hydrogen-bond acceptors (Lipinski definition) is 7. The molecule has 2 N–H and O–H groups in total. The smallest absolute Gasteiger partial charge is 0.321 e. The Morgan fingerprint density at radius 1 is 0.911 bits per heavy atom. The van der Waals surface area contributed by atoms with Crippen LogP contribution in [0, 0.1) is 5.92 Å². The molecule has 4 fully saturated rings. The molecule has 3 unspecified atom stereocenters. The summed E-state index contributed by atoms with van der Waals surface area (Å²) in [5.74, 6) is -0.536. The van der Waals surface area contributed by atoms with E-state index >= 15 is 0 Å². The monoisotopic (exact) mass is 768 g/mol. The number of carbonyl (C=O) groups is 3. The summed E-state index contributed by atoms with van der Waals surface area (Å²) in [5, 5.41) is 10.7. The summed E-state index contributed by atoms with van der Waals surface area (Å²) in [6.45, 7) is 1.08. The quantitative estimate of drug-likeness (QED) is 0.181. The second kappa shape index (κ2) is 14.0. The molecule has 4 aliphatic rings. The molecule has 56 heavy (non-hydrogen) atoms. The first kappa shape index (κ1) is 36.3. The number of nitrogens with zero attached hydrogens (tertiary/aromatic N) is 6. The Morgan fingerprint density at radius 2 is 1.64 bits per heavy atom. The van der Waals surface area contributed by atoms with Gasteiger partial charge < -0.3 is 5.32 Å². The number of alkyl halides is 3. The average molecular weight is 769 g/mol. The third kappa shape index (κ3) is 6.58. The number of imide groups is 1. The van der Waals surface area contributed by atoms with E-state index in [0.717, 1.165) is 73.1 Å². The van der Waals surface area contributed by atoms with Gasteiger partial charge in [0.25, 0.3) is 5.91 Å². The third-order valence-corrected chi connectivity index (χ3v) is 12.7. The Kier molecular flexibility index (Phi) is 9.09. The van der Waals surface area contributed by atoms with E-state index in [4.69, 9.17) is 5.10 Å². The predicted molar refractivity (Wildman–Crippen MR) is 202 cm³/mol. The molecule has 0 spiro atoms. The van der Waals surface area contributed by atoms with Crippen molar-refractivity contribution < 1.29 is 27.6 Å². The van der Waals surface area contributed by atoms with Crippen molar-refractivity contribution in [3.05, 3.63) is 88.2 Å². The first-order valence-electron chi connectivity index (χ1n) is 19.5. The zero-order valence-corrected chi connectivity index (χ0v) is 31.0. The summed E-state index contributed by atoms with van der Waals surface area (Å²) in [6.07, 6.45) is 6.48. The van der Waals surface area contributed by atoms with E-state index in [2.05, 4.69) is 26.6 Å². The summed E-state index contributed by atoms with van der Waals surface area (Å²) in [5.41, 5.74) is 2.38. The molecule has 1 saturated carbocycles. The first-order chi connectivity index (χ1) is 26.9. The van der Waals surface area contributed by atoms with Gasteiger partial charge in [-0.05, 0) is 112 Å². The van der Waals surface area contributed by atoms with Gasteiger partial charge in [0.15, 0.2) is 0 Å². The highest BCUT2D eigenvalue weighted by Gasteiger charge is 2.43. The highest BCUT2D eigenvalue weighted by Crippen LogP contribution is 2.46. The third-order valence-electron chi connectivity index (χ3n) is 12.7. The number of anilines is 1. The van der Waals surface area contributed by atoms with Gasteiger partial charge in [0.1, 0.15) is 17.4 Å². The molecule has 12 nitrogen and oxygen atoms in total. The summed E-state index contributed by atoms with van der Waals surface area (Å²) in [7, 11) is 1.78. The summed E-state index contributed by atoms with van der Waals surface area (Å²) < 4.78 is 44.6. The maximum Gasteiger partial charge on any atom is 0.433 e. The number of aryl methyl sites for hydroxylation is 1. The lowest BCUT2D eigenvalue weighted by Crippen LogP contribution is -2.45. The standard InChI is InChI=1S/C41H43F3N8O4/c1-49-37-30(4-2-6-33(37)52(40(49)56)34-16-17-36(53)47-39(34)55)24-19-28-13-14-29(20-24)50(28)21-23-8-11-27(12-9-23)51-22-25-18-26(10-15-31(25)48-51)45-38(54)32-5-3-7-35(46-32)41(42,43)44/h2-7,10,15,18,22-24,27-29,34H,8-9,11-14,16-17,19-21H2,1H3,(H,45,54)(H,47,53,55)/t23?,24?,27?,28-,29?,34?/m1/s1. The zero-order chi connectivity index (χ0) is 38.9. The number of rotatable bonds is 7. The van der Waals surface area contributed by atoms with Gasteiger partial charge in [-0.1, -0.05) is 18.2 Å². The zero-order valence-electron chi connectivity index (χ0n) is 31.0. The normalized spacial score (nSPS) is 25.9. The lowest BCUT2D eigenvalue weighted by atomic mass is 9.82. The molecule has 3 saturated heterocycles. The van der Waals surface area contributed by atoms with Gasteiger partial charge in [0.2, 0.25) is 11.8 Å². The molecule has 9 rings (SSSR count). The molecule has 0 radical (unpaired) electrons. The number of para-hydroxylation sites is 1. The Hall–Kier alpha value is -5.31. The molecule has 15 heteroatoms. The minimum Gasteiger partial charge on any atom is -0.321 e. The van der Waals surface area contributed by atoms with Crippen LogP contribution >= 0.6 is 0 Å². The number of amides is 3. The van der Waals surface area contributed by atoms with E-state index in [1.54, 1.807) is 34.4 Å². The van der Waals surface area contributed by atoms with Crippen LogP contribution in [0.25, 0.3) is 21.9 Å². The molecule has 292 valence electrons. The number of nitrogens with one attached hydrogen (secondary N) is 2. The molecule has 2 bridgehead atoms. The maximum atomic E-state index is 13.6. The van der Waals surface area contributed by atoms with Crippen LogP contribution in [0.3, 0.4) is 0 Å². The molecule has 6 heterocycles. The fourth-order valence-electron chi connectivity index (χ4n) is 9.97. The number of halogens is 3. The van der Waals surface area contributed by atoms with E-state index in [9.17, 15) is 32.3 Å². The molecular weight excluding hydrogens is 725 g/mol. The van der Waals surface area contributed by atoms with Gasteiger partial charge >= 0.3 is 11.9 Å². The van der Waals surface area contributed by atoms with E-state index in [0.29, 0.717) is 36.0 Å². The number of hydrogen-bond donors (Lipinski definition) is 2. The first-order valence-corrected chi connectivity index (χ1v) is 19.5. The number of imidazole rings is 1. The van der Waals surface area contributed by atoms with Crippen LogP contribution in [0.5, 0.6) is 0 Å². The molecule has 1 aliphatic carbocycles. The van der Waals surface area contributed by atoms with Crippen molar-refractivity contribution in [2.24, 2.45) is 13.0 Å². The van der Waals surface area contributed by atoms with Gasteiger partial charge in [0, 0.05) is 49.4 Å². The highest BCUT2D eigenvalue weighted by molar-refractivity contribution is 6.04. The summed E-state index contributed by atoms with van der Waals surface area (Å²) in [6, 6.07) is 15.1. The van der Waals surface area contributed by atoms with Gasteiger partial charge in [0.05, 0.1) is 22.6 Å². The SMILES string of the molecule is Cn1c(=O)n(C2CCC(=O)NC2=O)c2cccc(C3CC4CC[C@H](C3)N4CC3CCC(n4cc5cc(NC(=O)c6cccc(C(F)(F)F)n6)ccc5n4)CC3)c21. The lowest BCUT2D eigenvalue weighted by Gasteiger charge is -2.42. The molecule has 5 aromatic rings. The van der Waals surface area contributed by atoms with E-state index in [-0.39, 0.29) is 29.8 Å². The van der Waals surface area contributed by atoms with Crippen molar-refractivity contribution in [2.75, 3.05) is 11.9 Å². The number of pyridine rings is 1. The Bertz CT molecular complexity index is 2410. The second-order valence-electron chi connectivity index (χ2n) is 16.1. The Balaban J connectivity index is 0.828. The average Bonchev–Trinajstić information content (AvgIpc) is 3.79. The van der Waals surface area contributed by atoms with Gasteiger partial charge in [-0.2, -0.15) is 18.3 Å². The number of aromatic nitrogens is 5. The highest BCUT2D eigenvalue weighted by atomic mass is 19.4. The molecular formula is C41H43F3N8O4. The molecule has 4 atom stereocenters. The topological polar surface area (TPSA) is 136 Å². The number of piperidine rings is 2. The van der Waals surface area contributed by atoms with Crippen molar-refractivity contribution in [3.8, 4) is 0 Å². The van der Waals surface area contributed by atoms with Crippen LogP contribution in [0.15, 0.2) is 65.6 Å². The van der Waals surface area contributed by atoms with Crippen LogP contribution < -0.4 is 16.3 Å². The van der Waals surface area contributed by atoms with Crippen molar-refractivity contribution in [1.82, 2.24) is 34.1 Å². The molecule has 2 aromatic carbocycles. The van der Waals surface area contributed by atoms with Gasteiger partial charge in [-0.3, -0.25) is 38.4 Å². The van der Waals surface area contributed by atoms with Crippen LogP contribution in [0.2, 0.25) is 0 Å². The fraction of sp³-hybridized carbons (Fsp3) is 0.463. The Labute approximate surface area is 320 Å². The van der Waals surface area contributed by atoms with Crippen LogP contribution in [-0.2, 0) is 22.8 Å². The van der Waals surface area contributed by atoms with Crippen molar-refractivity contribution in [2.45, 2.75) is 100 Å². The minimum absolute atomic E-state index is 0.212. The maximum absolute atomic E-state index is 13.6. The molecule has 3 aliphatic heterocycles. The number of fused-ring (bicyclic) bond motifs is 4. The van der Waals surface area contributed by atoms with Crippen molar-refractivity contribution in [3.63, 3.8) is 0 Å². The number of carbonyl (C=O) groups excluding carboxylic acids is 3. The van der Waals surface area contributed by atoms with Crippen LogP contribution in [0.1, 0.15) is 104 Å². The number of benzene rings is 2. The Morgan fingerprint density at radius 3 is 2.38 bits per heavy atom. The summed E-state index contributed by atoms with van der Waals surface area (Å²) in [4.78, 5) is 57.1.